The van der Waals surface area contributed by atoms with E-state index in [0.717, 1.165) is 11.1 Å². The van der Waals surface area contributed by atoms with Gasteiger partial charge in [-0.25, -0.2) is 12.8 Å². The van der Waals surface area contributed by atoms with Crippen molar-refractivity contribution < 1.29 is 12.8 Å². The van der Waals surface area contributed by atoms with Crippen LogP contribution >= 0.6 is 0 Å². The molecule has 2 aromatic carbocycles. The van der Waals surface area contributed by atoms with Gasteiger partial charge in [-0.15, -0.1) is 0 Å². The van der Waals surface area contributed by atoms with Gasteiger partial charge in [-0.1, -0.05) is 30.3 Å². The van der Waals surface area contributed by atoms with Crippen LogP contribution in [-0.2, 0) is 22.2 Å². The highest BCUT2D eigenvalue weighted by Gasteiger charge is 2.29. The molecule has 0 N–H and O–H groups in total. The van der Waals surface area contributed by atoms with Crippen molar-refractivity contribution in [1.82, 2.24) is 0 Å². The van der Waals surface area contributed by atoms with Gasteiger partial charge in [0.15, 0.2) is 0 Å². The van der Waals surface area contributed by atoms with Gasteiger partial charge in [0.05, 0.1) is 11.4 Å². The number of rotatable bonds is 3. The highest BCUT2D eigenvalue weighted by atomic mass is 32.2. The fourth-order valence-corrected chi connectivity index (χ4v) is 4.11. The Labute approximate surface area is 117 Å². The maximum absolute atomic E-state index is 13.2. The fourth-order valence-electron chi connectivity index (χ4n) is 2.49. The number of anilines is 1. The molecular weight excluding hydrogens is 277 g/mol. The molecule has 1 aliphatic heterocycles. The quantitative estimate of drug-likeness (QED) is 0.872. The lowest BCUT2D eigenvalue weighted by molar-refractivity contribution is 0.591. The molecule has 1 heterocycles. The first-order chi connectivity index (χ1) is 9.56. The zero-order valence-corrected chi connectivity index (χ0v) is 11.6. The minimum absolute atomic E-state index is 0.0370. The Morgan fingerprint density at radius 1 is 1.10 bits per heavy atom. The summed E-state index contributed by atoms with van der Waals surface area (Å²) in [5, 5.41) is 0. The topological polar surface area (TPSA) is 37.4 Å². The smallest absolute Gasteiger partial charge is 0.239 e. The van der Waals surface area contributed by atoms with Crippen molar-refractivity contribution >= 4 is 15.7 Å². The molecular formula is C15H14FNO2S. The largest absolute Gasteiger partial charge is 0.269 e. The first-order valence-electron chi connectivity index (χ1n) is 6.39. The van der Waals surface area contributed by atoms with Gasteiger partial charge < -0.3 is 0 Å². The minimum Gasteiger partial charge on any atom is -0.269 e. The third-order valence-corrected chi connectivity index (χ3v) is 5.17. The molecule has 1 aliphatic rings. The lowest BCUT2D eigenvalue weighted by Gasteiger charge is -2.19. The van der Waals surface area contributed by atoms with E-state index in [1.54, 1.807) is 18.2 Å². The SMILES string of the molecule is O=S(=O)(Cc1ccccc1)N1CCc2cc(F)ccc21. The maximum Gasteiger partial charge on any atom is 0.239 e. The van der Waals surface area contributed by atoms with Gasteiger partial charge in [0.2, 0.25) is 10.0 Å². The molecule has 20 heavy (non-hydrogen) atoms. The Bertz CT molecular complexity index is 729. The van der Waals surface area contributed by atoms with E-state index in [4.69, 9.17) is 0 Å². The van der Waals surface area contributed by atoms with Gasteiger partial charge in [0.1, 0.15) is 5.82 Å². The Balaban J connectivity index is 1.91. The molecule has 0 unspecified atom stereocenters. The van der Waals surface area contributed by atoms with Crippen molar-refractivity contribution in [1.29, 1.82) is 0 Å². The number of nitrogens with zero attached hydrogens (tertiary/aromatic N) is 1. The molecule has 3 rings (SSSR count). The summed E-state index contributed by atoms with van der Waals surface area (Å²) in [7, 11) is -3.43. The molecule has 0 atom stereocenters. The second-order valence-electron chi connectivity index (χ2n) is 4.84. The summed E-state index contributed by atoms with van der Waals surface area (Å²) in [5.41, 5.74) is 2.10. The van der Waals surface area contributed by atoms with E-state index in [0.29, 0.717) is 18.7 Å². The van der Waals surface area contributed by atoms with Gasteiger partial charge in [-0.05, 0) is 35.7 Å². The first-order valence-corrected chi connectivity index (χ1v) is 8.00. The van der Waals surface area contributed by atoms with Crippen LogP contribution in [0.5, 0.6) is 0 Å². The van der Waals surface area contributed by atoms with Crippen LogP contribution in [-0.4, -0.2) is 15.0 Å². The van der Waals surface area contributed by atoms with Crippen molar-refractivity contribution in [3.63, 3.8) is 0 Å². The molecule has 0 spiro atoms. The van der Waals surface area contributed by atoms with Gasteiger partial charge in [-0.2, -0.15) is 0 Å². The average molecular weight is 291 g/mol. The van der Waals surface area contributed by atoms with Gasteiger partial charge >= 0.3 is 0 Å². The zero-order chi connectivity index (χ0) is 14.2. The summed E-state index contributed by atoms with van der Waals surface area (Å²) in [5.74, 6) is -0.365. The third kappa shape index (κ3) is 2.41. The maximum atomic E-state index is 13.2. The minimum atomic E-state index is -3.43. The van der Waals surface area contributed by atoms with Crippen LogP contribution in [0.1, 0.15) is 11.1 Å². The number of hydrogen-bond donors (Lipinski definition) is 0. The Morgan fingerprint density at radius 2 is 1.85 bits per heavy atom. The second kappa shape index (κ2) is 4.90. The van der Waals surface area contributed by atoms with E-state index >= 15 is 0 Å². The highest BCUT2D eigenvalue weighted by Crippen LogP contribution is 2.31. The summed E-state index contributed by atoms with van der Waals surface area (Å²) in [6, 6.07) is 13.3. The summed E-state index contributed by atoms with van der Waals surface area (Å²) in [4.78, 5) is 0. The van der Waals surface area contributed by atoms with E-state index < -0.39 is 10.0 Å². The number of sulfonamides is 1. The standard InChI is InChI=1S/C15H14FNO2S/c16-14-6-7-15-13(10-14)8-9-17(15)20(18,19)11-12-4-2-1-3-5-12/h1-7,10H,8-9,11H2. The van der Waals surface area contributed by atoms with Crippen molar-refractivity contribution in [2.75, 3.05) is 10.8 Å². The third-order valence-electron chi connectivity index (χ3n) is 3.42. The Hall–Kier alpha value is -1.88. The monoisotopic (exact) mass is 291 g/mol. The molecule has 0 saturated carbocycles. The average Bonchev–Trinajstić information content (AvgIpc) is 2.83. The molecule has 0 radical (unpaired) electrons. The molecule has 0 saturated heterocycles. The van der Waals surface area contributed by atoms with Gasteiger partial charge in [0.25, 0.3) is 0 Å². The Morgan fingerprint density at radius 3 is 2.60 bits per heavy atom. The number of fused-ring (bicyclic) bond motifs is 1. The van der Waals surface area contributed by atoms with E-state index in [1.807, 2.05) is 18.2 Å². The zero-order valence-electron chi connectivity index (χ0n) is 10.8. The van der Waals surface area contributed by atoms with Crippen molar-refractivity contribution in [3.8, 4) is 0 Å². The summed E-state index contributed by atoms with van der Waals surface area (Å²) >= 11 is 0. The molecule has 0 aromatic heterocycles. The molecule has 104 valence electrons. The molecule has 5 heteroatoms. The van der Waals surface area contributed by atoms with Crippen molar-refractivity contribution in [2.24, 2.45) is 0 Å². The van der Waals surface area contributed by atoms with Crippen molar-refractivity contribution in [2.45, 2.75) is 12.2 Å². The molecule has 2 aromatic rings. The van der Waals surface area contributed by atoms with Gasteiger partial charge in [-0.3, -0.25) is 4.31 Å². The first kappa shape index (κ1) is 13.1. The predicted molar refractivity (Wildman–Crippen MR) is 76.5 cm³/mol. The van der Waals surface area contributed by atoms with Crippen LogP contribution in [0.15, 0.2) is 48.5 Å². The molecule has 0 bridgehead atoms. The molecule has 0 fully saturated rings. The van der Waals surface area contributed by atoms with E-state index in [2.05, 4.69) is 0 Å². The summed E-state index contributed by atoms with van der Waals surface area (Å²) in [6.45, 7) is 0.383. The van der Waals surface area contributed by atoms with Crippen LogP contribution in [0.25, 0.3) is 0 Å². The second-order valence-corrected chi connectivity index (χ2v) is 6.73. The highest BCUT2D eigenvalue weighted by molar-refractivity contribution is 7.92. The predicted octanol–water partition coefficient (Wildman–Crippen LogP) is 2.72. The lowest BCUT2D eigenvalue weighted by atomic mass is 10.2. The number of benzene rings is 2. The summed E-state index contributed by atoms with van der Waals surface area (Å²) < 4.78 is 39.5. The van der Waals surface area contributed by atoms with Crippen LogP contribution < -0.4 is 4.31 Å². The van der Waals surface area contributed by atoms with Crippen LogP contribution in [0.3, 0.4) is 0 Å². The van der Waals surface area contributed by atoms with E-state index in [1.165, 1.54) is 16.4 Å². The number of halogens is 1. The van der Waals surface area contributed by atoms with Crippen molar-refractivity contribution in [3.05, 3.63) is 65.5 Å². The fraction of sp³-hybridized carbons (Fsp3) is 0.200. The van der Waals surface area contributed by atoms with Gasteiger partial charge in [0, 0.05) is 6.54 Å². The molecule has 0 amide bonds. The molecule has 3 nitrogen and oxygen atoms in total. The molecule has 0 aliphatic carbocycles. The van der Waals surface area contributed by atoms with Crippen LogP contribution in [0, 0.1) is 5.82 Å². The number of hydrogen-bond acceptors (Lipinski definition) is 2. The van der Waals surface area contributed by atoms with Crippen LogP contribution in [0.4, 0.5) is 10.1 Å². The normalized spacial score (nSPS) is 14.3. The lowest BCUT2D eigenvalue weighted by Crippen LogP contribution is -2.30. The van der Waals surface area contributed by atoms with E-state index in [9.17, 15) is 12.8 Å². The van der Waals surface area contributed by atoms with Crippen LogP contribution in [0.2, 0.25) is 0 Å². The summed E-state index contributed by atoms with van der Waals surface area (Å²) in [6.07, 6.45) is 0.557. The Kier molecular flexibility index (Phi) is 3.22. The van der Waals surface area contributed by atoms with E-state index in [-0.39, 0.29) is 11.6 Å².